The highest BCUT2D eigenvalue weighted by Crippen LogP contribution is 2.32. The van der Waals surface area contributed by atoms with E-state index in [9.17, 15) is 30.6 Å². The first-order chi connectivity index (χ1) is 17.3. The third-order valence-corrected chi connectivity index (χ3v) is 6.58. The van der Waals surface area contributed by atoms with E-state index in [1.807, 2.05) is 0 Å². The summed E-state index contributed by atoms with van der Waals surface area (Å²) in [5, 5.41) is 61.6. The zero-order valence-electron chi connectivity index (χ0n) is 20.7. The van der Waals surface area contributed by atoms with Crippen LogP contribution in [0.15, 0.2) is 0 Å². The van der Waals surface area contributed by atoms with Crippen molar-refractivity contribution < 1.29 is 67.1 Å². The van der Waals surface area contributed by atoms with Crippen molar-refractivity contribution >= 4 is 10.4 Å². The first-order valence-corrected chi connectivity index (χ1v) is 13.2. The quantitative estimate of drug-likeness (QED) is 0.127. The van der Waals surface area contributed by atoms with Gasteiger partial charge in [0.05, 0.1) is 18.2 Å². The van der Waals surface area contributed by atoms with Crippen molar-refractivity contribution in [3.05, 3.63) is 0 Å². The molecule has 3 fully saturated rings. The van der Waals surface area contributed by atoms with E-state index >= 15 is 0 Å². The summed E-state index contributed by atoms with van der Waals surface area (Å²) in [4.78, 5) is 0. The Bertz CT molecular complexity index is 848. The normalized spacial score (nSPS) is 46.4. The van der Waals surface area contributed by atoms with Gasteiger partial charge in [0.1, 0.15) is 48.8 Å². The maximum absolute atomic E-state index is 10.7. The fourth-order valence-corrected chi connectivity index (χ4v) is 4.57. The van der Waals surface area contributed by atoms with Crippen LogP contribution in [0.25, 0.3) is 0 Å². The smallest absolute Gasteiger partial charge is 0.391 e. The average molecular weight is 597 g/mol. The van der Waals surface area contributed by atoms with Crippen LogP contribution in [0.1, 0.15) is 27.7 Å². The zero-order chi connectivity index (χ0) is 29.3. The largest absolute Gasteiger partial charge is 0.394 e. The highest BCUT2D eigenvalue weighted by Gasteiger charge is 2.53. The summed E-state index contributed by atoms with van der Waals surface area (Å²) in [6.07, 6.45) is -15.2. The molecule has 39 heavy (non-hydrogen) atoms. The highest BCUT2D eigenvalue weighted by molar-refractivity contribution is 7.79. The van der Waals surface area contributed by atoms with Gasteiger partial charge in [0.15, 0.2) is 12.6 Å². The Morgan fingerprint density at radius 3 is 1.69 bits per heavy atom. The zero-order valence-corrected chi connectivity index (χ0v) is 21.5. The number of ether oxygens (including phenoxy) is 4. The topological polar surface area (TPSA) is 337 Å². The maximum Gasteiger partial charge on any atom is 0.394 e. The Labute approximate surface area is 226 Å². The van der Waals surface area contributed by atoms with E-state index < -0.39 is 108 Å². The summed E-state index contributed by atoms with van der Waals surface area (Å²) < 4.78 is 54.4. The molecule has 0 unspecified atom stereocenters. The van der Waals surface area contributed by atoms with Crippen LogP contribution in [0.4, 0.5) is 0 Å². The fraction of sp³-hybridized carbons (Fsp3) is 1.00. The fourth-order valence-electron chi connectivity index (χ4n) is 4.57. The molecule has 0 aromatic rings. The van der Waals surface area contributed by atoms with E-state index in [4.69, 9.17) is 59.4 Å². The third kappa shape index (κ3) is 9.15. The van der Waals surface area contributed by atoms with Crippen molar-refractivity contribution in [1.82, 2.24) is 0 Å². The summed E-state index contributed by atoms with van der Waals surface area (Å²) in [6, 6.07) is -3.41. The first-order valence-electron chi connectivity index (χ1n) is 11.8. The molecule has 0 aromatic heterocycles. The summed E-state index contributed by atoms with van der Waals surface area (Å²) in [7, 11) is -4.67. The van der Waals surface area contributed by atoms with Crippen LogP contribution in [-0.2, 0) is 29.3 Å². The lowest BCUT2D eigenvalue weighted by Gasteiger charge is -2.47. The molecule has 2 aliphatic heterocycles. The standard InChI is InChI=1S/C19H38N4O10.CH4.H2O4S/c1-4(20)14-12(28)13(29)19(30-14)33-17-9(25)6(21)3-7(22)16(17)32-18-8(23)10(26)11(27)15(31-18)5(2)24;;1-5(2,3)4/h4-19,24-29H,3,20-23H2,1-2H3;1H4;(H2,1,2,3,4)/t4-,5+,6+,7-,8+,9-,10+,11-,12-,13+,14+,15+,16+,17+,18+,19-;;/m0../s1. The molecule has 3 rings (SSSR count). The Hall–Kier alpha value is -0.690. The maximum atomic E-state index is 10.7. The summed E-state index contributed by atoms with van der Waals surface area (Å²) >= 11 is 0. The predicted octanol–water partition coefficient (Wildman–Crippen LogP) is -5.89. The van der Waals surface area contributed by atoms with Gasteiger partial charge < -0.3 is 72.5 Å². The van der Waals surface area contributed by atoms with Crippen LogP contribution < -0.4 is 22.9 Å². The highest BCUT2D eigenvalue weighted by atomic mass is 32.3. The predicted molar refractivity (Wildman–Crippen MR) is 132 cm³/mol. The van der Waals surface area contributed by atoms with Crippen LogP contribution in [0.5, 0.6) is 0 Å². The lowest BCUT2D eigenvalue weighted by molar-refractivity contribution is -0.315. The van der Waals surface area contributed by atoms with Gasteiger partial charge in [-0.2, -0.15) is 8.42 Å². The monoisotopic (exact) mass is 596 g/mol. The van der Waals surface area contributed by atoms with Crippen molar-refractivity contribution in [2.75, 3.05) is 0 Å². The molecule has 16 atom stereocenters. The van der Waals surface area contributed by atoms with E-state index in [1.54, 1.807) is 6.92 Å². The molecule has 1 aliphatic carbocycles. The van der Waals surface area contributed by atoms with E-state index in [0.717, 1.165) is 0 Å². The molecule has 19 heteroatoms. The lowest BCUT2D eigenvalue weighted by atomic mass is 9.84. The number of aliphatic hydroxyl groups is 6. The molecule has 3 aliphatic rings. The number of hydrogen-bond acceptors (Lipinski definition) is 16. The van der Waals surface area contributed by atoms with Crippen molar-refractivity contribution in [3.8, 4) is 0 Å². The number of rotatable bonds is 6. The second-order valence-corrected chi connectivity index (χ2v) is 10.7. The third-order valence-electron chi connectivity index (χ3n) is 6.58. The minimum absolute atomic E-state index is 0. The molecule has 16 N–H and O–H groups in total. The molecule has 2 saturated heterocycles. The lowest BCUT2D eigenvalue weighted by Crippen LogP contribution is -2.68. The van der Waals surface area contributed by atoms with Gasteiger partial charge in [0, 0.05) is 18.1 Å². The number of hydrogen-bond donors (Lipinski definition) is 12. The van der Waals surface area contributed by atoms with Gasteiger partial charge in [-0.3, -0.25) is 9.11 Å². The van der Waals surface area contributed by atoms with Crippen LogP contribution in [0.3, 0.4) is 0 Å². The molecule has 18 nitrogen and oxygen atoms in total. The summed E-state index contributed by atoms with van der Waals surface area (Å²) in [5.74, 6) is 0. The van der Waals surface area contributed by atoms with Gasteiger partial charge in [0.2, 0.25) is 0 Å². The van der Waals surface area contributed by atoms with Gasteiger partial charge in [-0.15, -0.1) is 0 Å². The SMILES string of the molecule is C.C[C@H](N)[C@H]1O[C@@H](O[C@@H]2[C@@H](O)[C@H](N)C[C@H](N)[C@H]2O[C@H]2O[C@H]([C@@H](C)O)[C@@H](O)[C@H](O)[C@H]2N)[C@H](O)[C@@H]1O.O=S(=O)(O)O. The Morgan fingerprint density at radius 1 is 0.769 bits per heavy atom. The Kier molecular flexibility index (Phi) is 13.5. The van der Waals surface area contributed by atoms with Gasteiger partial charge in [-0.1, -0.05) is 7.43 Å². The van der Waals surface area contributed by atoms with Gasteiger partial charge in [-0.05, 0) is 20.3 Å². The molecule has 1 saturated carbocycles. The molecule has 0 aromatic carbocycles. The summed E-state index contributed by atoms with van der Waals surface area (Å²) in [6.45, 7) is 2.96. The minimum Gasteiger partial charge on any atom is -0.391 e. The molecule has 2 heterocycles. The van der Waals surface area contributed by atoms with Gasteiger partial charge in [-0.25, -0.2) is 0 Å². The molecule has 234 valence electrons. The van der Waals surface area contributed by atoms with Gasteiger partial charge >= 0.3 is 10.4 Å². The molecular formula is C20H44N4O14S. The van der Waals surface area contributed by atoms with Crippen LogP contribution >= 0.6 is 0 Å². The van der Waals surface area contributed by atoms with Crippen molar-refractivity contribution in [3.63, 3.8) is 0 Å². The molecule has 0 spiro atoms. The molecular weight excluding hydrogens is 552 g/mol. The van der Waals surface area contributed by atoms with E-state index in [2.05, 4.69) is 0 Å². The van der Waals surface area contributed by atoms with Crippen LogP contribution in [-0.4, -0.2) is 146 Å². The first kappa shape index (κ1) is 36.3. The van der Waals surface area contributed by atoms with Crippen molar-refractivity contribution in [2.45, 2.75) is 125 Å². The molecule has 0 amide bonds. The van der Waals surface area contributed by atoms with E-state index in [1.165, 1.54) is 6.92 Å². The van der Waals surface area contributed by atoms with E-state index in [0.29, 0.717) is 0 Å². The summed E-state index contributed by atoms with van der Waals surface area (Å²) in [5.41, 5.74) is 24.0. The van der Waals surface area contributed by atoms with Crippen molar-refractivity contribution in [1.29, 1.82) is 0 Å². The second-order valence-electron chi connectivity index (χ2n) is 9.78. The van der Waals surface area contributed by atoms with Gasteiger partial charge in [0.25, 0.3) is 0 Å². The Balaban J connectivity index is 0.00000116. The molecule has 0 radical (unpaired) electrons. The number of nitrogens with two attached hydrogens (primary N) is 4. The van der Waals surface area contributed by atoms with E-state index in [-0.39, 0.29) is 13.8 Å². The Morgan fingerprint density at radius 2 is 1.23 bits per heavy atom. The number of aliphatic hydroxyl groups excluding tert-OH is 6. The second kappa shape index (κ2) is 14.5. The van der Waals surface area contributed by atoms with Crippen LogP contribution in [0, 0.1) is 0 Å². The van der Waals surface area contributed by atoms with Crippen LogP contribution in [0.2, 0.25) is 0 Å². The van der Waals surface area contributed by atoms with Crippen molar-refractivity contribution in [2.24, 2.45) is 22.9 Å². The minimum atomic E-state index is -4.67. The average Bonchev–Trinajstić information content (AvgIpc) is 3.07. The molecule has 0 bridgehead atoms.